The highest BCUT2D eigenvalue weighted by Gasteiger charge is 2.52. The molecule has 3 heterocycles. The molecule has 0 amide bonds. The minimum absolute atomic E-state index is 0.0709. The zero-order chi connectivity index (χ0) is 39.2. The van der Waals surface area contributed by atoms with Crippen LogP contribution in [0.2, 0.25) is 0 Å². The van der Waals surface area contributed by atoms with E-state index in [1.807, 2.05) is 11.3 Å². The molecule has 278 valence electrons. The van der Waals surface area contributed by atoms with Crippen LogP contribution in [0.1, 0.15) is 48.6 Å². The van der Waals surface area contributed by atoms with Crippen molar-refractivity contribution in [3.63, 3.8) is 0 Å². The smallest absolute Gasteiger partial charge is 0.264 e. The van der Waals surface area contributed by atoms with Gasteiger partial charge in [0.05, 0.1) is 11.1 Å². The van der Waals surface area contributed by atoms with Crippen molar-refractivity contribution < 1.29 is 0 Å². The van der Waals surface area contributed by atoms with E-state index in [0.717, 1.165) is 0 Å². The van der Waals surface area contributed by atoms with Crippen LogP contribution in [-0.4, -0.2) is 6.71 Å². The standard InChI is InChI=1S/C55H39BN2S/c1-54(2,3)34-30-48-51-49(31-34)58(36-20-8-5-9-21-36)52-41-32-40-39-24-12-15-27-44(39)55(42-25-13-10-22-37(42)38-23-11-14-26-43(38)55)45(40)33-50(41)59-53(52)56(51)46-28-16-17-29-47(46)57(48)35-18-6-4-7-19-35/h4-33H,1-3H3. The number of nitrogens with zero attached hydrogens (tertiary/aromatic N) is 2. The summed E-state index contributed by atoms with van der Waals surface area (Å²) < 4.78 is 2.73. The lowest BCUT2D eigenvalue weighted by Crippen LogP contribution is -2.60. The lowest BCUT2D eigenvalue weighted by molar-refractivity contribution is 0.590. The first-order valence-electron chi connectivity index (χ1n) is 20.8. The molecule has 2 nitrogen and oxygen atoms in total. The maximum atomic E-state index is 2.61. The van der Waals surface area contributed by atoms with E-state index in [1.165, 1.54) is 110 Å². The Morgan fingerprint density at radius 3 is 1.59 bits per heavy atom. The molecule has 2 aliphatic carbocycles. The molecule has 0 N–H and O–H groups in total. The highest BCUT2D eigenvalue weighted by atomic mass is 32.1. The van der Waals surface area contributed by atoms with Gasteiger partial charge in [0.15, 0.2) is 0 Å². The summed E-state index contributed by atoms with van der Waals surface area (Å²) in [5.41, 5.74) is 21.9. The summed E-state index contributed by atoms with van der Waals surface area (Å²) in [6, 6.07) is 68.8. The number of anilines is 6. The van der Waals surface area contributed by atoms with Crippen LogP contribution in [0, 0.1) is 0 Å². The zero-order valence-electron chi connectivity index (χ0n) is 33.2. The van der Waals surface area contributed by atoms with Crippen molar-refractivity contribution in [1.29, 1.82) is 0 Å². The molecule has 4 aliphatic rings. The second-order valence-corrected chi connectivity index (χ2v) is 18.7. The third-order valence-corrected chi connectivity index (χ3v) is 14.8. The third kappa shape index (κ3) is 4.27. The zero-order valence-corrected chi connectivity index (χ0v) is 34.0. The number of hydrogen-bond donors (Lipinski definition) is 0. The van der Waals surface area contributed by atoms with E-state index >= 15 is 0 Å². The molecule has 1 aromatic heterocycles. The number of thiophene rings is 1. The molecule has 0 unspecified atom stereocenters. The van der Waals surface area contributed by atoms with E-state index in [0.29, 0.717) is 0 Å². The van der Waals surface area contributed by atoms with Gasteiger partial charge in [0.2, 0.25) is 0 Å². The summed E-state index contributed by atoms with van der Waals surface area (Å²) in [7, 11) is 0. The molecule has 4 heteroatoms. The molecular weight excluding hydrogens is 731 g/mol. The van der Waals surface area contributed by atoms with E-state index in [2.05, 4.69) is 213 Å². The maximum absolute atomic E-state index is 2.61. The molecular formula is C55H39BN2S. The van der Waals surface area contributed by atoms with Crippen molar-refractivity contribution in [2.75, 3.05) is 9.80 Å². The van der Waals surface area contributed by atoms with Gasteiger partial charge < -0.3 is 9.80 Å². The molecule has 0 radical (unpaired) electrons. The molecule has 59 heavy (non-hydrogen) atoms. The summed E-state index contributed by atoms with van der Waals surface area (Å²) in [4.78, 5) is 5.13. The minimum atomic E-state index is -0.387. The Morgan fingerprint density at radius 2 is 0.983 bits per heavy atom. The second-order valence-electron chi connectivity index (χ2n) is 17.6. The van der Waals surface area contributed by atoms with Crippen molar-refractivity contribution >= 4 is 78.0 Å². The molecule has 13 rings (SSSR count). The molecule has 8 aromatic carbocycles. The average molecular weight is 771 g/mol. The fourth-order valence-electron chi connectivity index (χ4n) is 11.1. The molecule has 0 fully saturated rings. The summed E-state index contributed by atoms with van der Waals surface area (Å²) in [5.74, 6) is 0. The van der Waals surface area contributed by atoms with Crippen molar-refractivity contribution in [2.24, 2.45) is 0 Å². The fourth-order valence-corrected chi connectivity index (χ4v) is 12.5. The van der Waals surface area contributed by atoms with E-state index in [1.54, 1.807) is 0 Å². The summed E-state index contributed by atoms with van der Waals surface area (Å²) in [5, 5.41) is 1.32. The van der Waals surface area contributed by atoms with Gasteiger partial charge in [-0.25, -0.2) is 0 Å². The third-order valence-electron chi connectivity index (χ3n) is 13.6. The van der Waals surface area contributed by atoms with Crippen LogP contribution >= 0.6 is 11.3 Å². The lowest BCUT2D eigenvalue weighted by atomic mass is 9.36. The van der Waals surface area contributed by atoms with Crippen LogP contribution in [0.5, 0.6) is 0 Å². The van der Waals surface area contributed by atoms with Gasteiger partial charge in [0, 0.05) is 43.3 Å². The number of fused-ring (bicyclic) bond motifs is 16. The normalized spacial score (nSPS) is 14.7. The van der Waals surface area contributed by atoms with Crippen LogP contribution < -0.4 is 25.5 Å². The number of hydrogen-bond acceptors (Lipinski definition) is 3. The molecule has 0 atom stereocenters. The lowest BCUT2D eigenvalue weighted by Gasteiger charge is -2.44. The van der Waals surface area contributed by atoms with Crippen molar-refractivity contribution in [1.82, 2.24) is 0 Å². The van der Waals surface area contributed by atoms with Gasteiger partial charge >= 0.3 is 0 Å². The van der Waals surface area contributed by atoms with Gasteiger partial charge in [-0.15, -0.1) is 11.3 Å². The van der Waals surface area contributed by atoms with Crippen molar-refractivity contribution in [3.05, 3.63) is 210 Å². The van der Waals surface area contributed by atoms with Gasteiger partial charge in [-0.2, -0.15) is 0 Å². The maximum Gasteiger partial charge on any atom is 0.264 e. The van der Waals surface area contributed by atoms with Crippen molar-refractivity contribution in [3.8, 4) is 22.3 Å². The summed E-state index contributed by atoms with van der Waals surface area (Å²) in [6.07, 6.45) is 0. The average Bonchev–Trinajstić information content (AvgIpc) is 3.89. The Bertz CT molecular complexity index is 3180. The highest BCUT2D eigenvalue weighted by molar-refractivity contribution is 7.33. The Kier molecular flexibility index (Phi) is 6.64. The first-order chi connectivity index (χ1) is 28.9. The summed E-state index contributed by atoms with van der Waals surface area (Å²) in [6.45, 7) is 7.11. The predicted octanol–water partition coefficient (Wildman–Crippen LogP) is 12.6. The van der Waals surface area contributed by atoms with Crippen LogP contribution in [-0.2, 0) is 10.8 Å². The quantitative estimate of drug-likeness (QED) is 0.162. The number of rotatable bonds is 2. The van der Waals surface area contributed by atoms with Crippen LogP contribution in [0.25, 0.3) is 32.3 Å². The molecule has 1 spiro atoms. The molecule has 0 saturated heterocycles. The van der Waals surface area contributed by atoms with E-state index < -0.39 is 0 Å². The molecule has 0 bridgehead atoms. The first-order valence-corrected chi connectivity index (χ1v) is 21.6. The molecule has 2 aliphatic heterocycles. The Hall–Kier alpha value is -6.62. The number of para-hydroxylation sites is 3. The molecule has 0 saturated carbocycles. The van der Waals surface area contributed by atoms with E-state index in [4.69, 9.17) is 0 Å². The van der Waals surface area contributed by atoms with Crippen LogP contribution in [0.4, 0.5) is 34.1 Å². The minimum Gasteiger partial charge on any atom is -0.311 e. The van der Waals surface area contributed by atoms with Gasteiger partial charge in [-0.05, 0) is 121 Å². The molecule has 9 aromatic rings. The first kappa shape index (κ1) is 33.4. The highest BCUT2D eigenvalue weighted by Crippen LogP contribution is 2.64. The van der Waals surface area contributed by atoms with Gasteiger partial charge in [0.1, 0.15) is 0 Å². The fraction of sp³-hybridized carbons (Fsp3) is 0.0909. The SMILES string of the molecule is CC(C)(C)c1cc2c3c(c1)N(c1ccccc1)c1c(sc4cc5c(cc14)-c1ccccc1C51c4ccccc4-c4ccccc41)B3c1ccccc1N2c1ccccc1. The Balaban J connectivity index is 1.16. The Labute approximate surface area is 349 Å². The Morgan fingerprint density at radius 1 is 0.475 bits per heavy atom. The van der Waals surface area contributed by atoms with Crippen LogP contribution in [0.15, 0.2) is 182 Å². The van der Waals surface area contributed by atoms with E-state index in [9.17, 15) is 0 Å². The van der Waals surface area contributed by atoms with Gasteiger partial charge in [0.25, 0.3) is 6.71 Å². The summed E-state index contributed by atoms with van der Waals surface area (Å²) >= 11 is 2.00. The second kappa shape index (κ2) is 11.7. The van der Waals surface area contributed by atoms with Gasteiger partial charge in [-0.3, -0.25) is 0 Å². The van der Waals surface area contributed by atoms with Crippen molar-refractivity contribution in [2.45, 2.75) is 31.6 Å². The van der Waals surface area contributed by atoms with E-state index in [-0.39, 0.29) is 17.5 Å². The monoisotopic (exact) mass is 770 g/mol. The van der Waals surface area contributed by atoms with Crippen LogP contribution in [0.3, 0.4) is 0 Å². The number of benzene rings is 8. The van der Waals surface area contributed by atoms with Gasteiger partial charge in [-0.1, -0.05) is 148 Å². The largest absolute Gasteiger partial charge is 0.311 e. The topological polar surface area (TPSA) is 6.48 Å². The predicted molar refractivity (Wildman–Crippen MR) is 251 cm³/mol.